The molecule has 7 heteroatoms. The third kappa shape index (κ3) is 4.15. The average Bonchev–Trinajstić information content (AvgIpc) is 3.02. The van der Waals surface area contributed by atoms with Crippen molar-refractivity contribution in [1.82, 2.24) is 14.5 Å². The molecule has 2 heterocycles. The number of rotatable bonds is 5. The summed E-state index contributed by atoms with van der Waals surface area (Å²) in [5, 5.41) is 10.7. The lowest BCUT2D eigenvalue weighted by Crippen LogP contribution is -2.39. The summed E-state index contributed by atoms with van der Waals surface area (Å²) in [6.07, 6.45) is 2.75. The maximum absolute atomic E-state index is 13.1. The van der Waals surface area contributed by atoms with Crippen LogP contribution in [0.5, 0.6) is 0 Å². The van der Waals surface area contributed by atoms with Gasteiger partial charge in [-0.05, 0) is 44.2 Å². The summed E-state index contributed by atoms with van der Waals surface area (Å²) < 4.78 is 27.9. The second-order valence-corrected chi connectivity index (χ2v) is 10.6. The molecule has 1 atom stereocenters. The highest BCUT2D eigenvalue weighted by atomic mass is 32.2. The number of nitrogens with zero attached hydrogens (tertiary/aromatic N) is 3. The molecule has 0 aliphatic carbocycles. The van der Waals surface area contributed by atoms with E-state index in [1.807, 2.05) is 26.0 Å². The smallest absolute Gasteiger partial charge is 0.207 e. The fourth-order valence-electron chi connectivity index (χ4n) is 3.45. The highest BCUT2D eigenvalue weighted by Crippen LogP contribution is 2.33. The summed E-state index contributed by atoms with van der Waals surface area (Å²) in [7, 11) is -3.47. The van der Waals surface area contributed by atoms with Crippen LogP contribution < -0.4 is 0 Å². The van der Waals surface area contributed by atoms with Crippen LogP contribution in [0, 0.1) is 19.8 Å². The predicted octanol–water partition coefficient (Wildman–Crippen LogP) is 3.92. The molecule has 0 radical (unpaired) electrons. The number of aromatic nitrogens is 2. The molecule has 3 rings (SSSR count). The number of aryl methyl sites for hydroxylation is 2. The van der Waals surface area contributed by atoms with E-state index in [-0.39, 0.29) is 5.92 Å². The average molecular weight is 394 g/mol. The minimum atomic E-state index is -3.47. The Morgan fingerprint density at radius 1 is 1.27 bits per heavy atom. The lowest BCUT2D eigenvalue weighted by atomic mass is 10.0. The van der Waals surface area contributed by atoms with Gasteiger partial charge in [0.1, 0.15) is 10.0 Å². The van der Waals surface area contributed by atoms with Crippen LogP contribution in [0.2, 0.25) is 0 Å². The van der Waals surface area contributed by atoms with Crippen molar-refractivity contribution in [2.75, 3.05) is 13.1 Å². The van der Waals surface area contributed by atoms with Crippen LogP contribution in [-0.2, 0) is 16.4 Å². The van der Waals surface area contributed by atoms with Crippen molar-refractivity contribution in [2.45, 2.75) is 57.8 Å². The van der Waals surface area contributed by atoms with Gasteiger partial charge in [0.2, 0.25) is 10.0 Å². The maximum atomic E-state index is 13.1. The van der Waals surface area contributed by atoms with E-state index in [1.165, 1.54) is 0 Å². The molecule has 1 aromatic carbocycles. The number of benzene rings is 1. The lowest BCUT2D eigenvalue weighted by Gasteiger charge is -2.31. The van der Waals surface area contributed by atoms with Crippen LogP contribution in [0.4, 0.5) is 0 Å². The van der Waals surface area contributed by atoms with Gasteiger partial charge < -0.3 is 0 Å². The van der Waals surface area contributed by atoms with E-state index in [9.17, 15) is 8.42 Å². The zero-order chi connectivity index (χ0) is 18.9. The highest BCUT2D eigenvalue weighted by Gasteiger charge is 2.33. The van der Waals surface area contributed by atoms with Gasteiger partial charge in [-0.2, -0.15) is 4.31 Å². The topological polar surface area (TPSA) is 63.2 Å². The van der Waals surface area contributed by atoms with E-state index >= 15 is 0 Å². The van der Waals surface area contributed by atoms with Crippen molar-refractivity contribution in [3.63, 3.8) is 0 Å². The first-order valence-corrected chi connectivity index (χ1v) is 11.4. The van der Waals surface area contributed by atoms with E-state index in [2.05, 4.69) is 24.0 Å². The van der Waals surface area contributed by atoms with Crippen molar-refractivity contribution in [2.24, 2.45) is 5.92 Å². The first kappa shape index (κ1) is 19.5. The molecule has 0 spiro atoms. The molecule has 2 aromatic rings. The molecule has 1 fully saturated rings. The second kappa shape index (κ2) is 7.74. The zero-order valence-corrected chi connectivity index (χ0v) is 17.5. The molecule has 5 nitrogen and oxygen atoms in total. The first-order chi connectivity index (χ1) is 12.3. The van der Waals surface area contributed by atoms with Crippen LogP contribution in [0.3, 0.4) is 0 Å². The Hall–Kier alpha value is -1.31. The van der Waals surface area contributed by atoms with Gasteiger partial charge in [0.15, 0.2) is 0 Å². The SMILES string of the molecule is Cc1ccc(S(=O)(=O)N2CCCC(c3nnc(CC(C)C)s3)C2)c(C)c1. The Bertz CT molecular complexity index is 875. The van der Waals surface area contributed by atoms with Crippen molar-refractivity contribution in [3.8, 4) is 0 Å². The summed E-state index contributed by atoms with van der Waals surface area (Å²) >= 11 is 1.64. The highest BCUT2D eigenvalue weighted by molar-refractivity contribution is 7.89. The largest absolute Gasteiger partial charge is 0.243 e. The number of hydrogen-bond donors (Lipinski definition) is 0. The summed E-state index contributed by atoms with van der Waals surface area (Å²) in [4.78, 5) is 0.418. The number of sulfonamides is 1. The summed E-state index contributed by atoms with van der Waals surface area (Å²) in [6, 6.07) is 5.52. The van der Waals surface area contributed by atoms with Crippen LogP contribution in [0.15, 0.2) is 23.1 Å². The predicted molar refractivity (Wildman–Crippen MR) is 105 cm³/mol. The van der Waals surface area contributed by atoms with E-state index in [0.717, 1.165) is 40.4 Å². The van der Waals surface area contributed by atoms with E-state index in [4.69, 9.17) is 0 Å². The molecule has 0 N–H and O–H groups in total. The molecule has 1 unspecified atom stereocenters. The molecule has 0 bridgehead atoms. The Balaban J connectivity index is 1.80. The maximum Gasteiger partial charge on any atom is 0.243 e. The summed E-state index contributed by atoms with van der Waals surface area (Å²) in [5.41, 5.74) is 1.88. The van der Waals surface area contributed by atoms with E-state index in [0.29, 0.717) is 23.9 Å². The van der Waals surface area contributed by atoms with Gasteiger partial charge in [-0.25, -0.2) is 8.42 Å². The van der Waals surface area contributed by atoms with E-state index in [1.54, 1.807) is 21.7 Å². The van der Waals surface area contributed by atoms with Gasteiger partial charge in [-0.15, -0.1) is 21.5 Å². The van der Waals surface area contributed by atoms with Crippen molar-refractivity contribution >= 4 is 21.4 Å². The molecule has 0 saturated carbocycles. The molecular formula is C19H27N3O2S2. The molecule has 0 amide bonds. The van der Waals surface area contributed by atoms with Crippen molar-refractivity contribution in [3.05, 3.63) is 39.3 Å². The van der Waals surface area contributed by atoms with Gasteiger partial charge in [0, 0.05) is 25.4 Å². The second-order valence-electron chi connectivity index (χ2n) is 7.60. The summed E-state index contributed by atoms with van der Waals surface area (Å²) in [5.74, 6) is 0.686. The number of hydrogen-bond acceptors (Lipinski definition) is 5. The minimum absolute atomic E-state index is 0.141. The van der Waals surface area contributed by atoms with Crippen LogP contribution in [-0.4, -0.2) is 36.0 Å². The zero-order valence-electron chi connectivity index (χ0n) is 15.9. The molecule has 26 heavy (non-hydrogen) atoms. The first-order valence-electron chi connectivity index (χ1n) is 9.17. The monoisotopic (exact) mass is 393 g/mol. The molecule has 1 aromatic heterocycles. The van der Waals surface area contributed by atoms with Crippen LogP contribution >= 0.6 is 11.3 Å². The number of piperidine rings is 1. The van der Waals surface area contributed by atoms with Crippen LogP contribution in [0.1, 0.15) is 53.7 Å². The van der Waals surface area contributed by atoms with Gasteiger partial charge in [-0.3, -0.25) is 0 Å². The Morgan fingerprint density at radius 2 is 2.04 bits per heavy atom. The van der Waals surface area contributed by atoms with E-state index < -0.39 is 10.0 Å². The molecular weight excluding hydrogens is 366 g/mol. The fourth-order valence-corrected chi connectivity index (χ4v) is 6.36. The van der Waals surface area contributed by atoms with Gasteiger partial charge in [0.25, 0.3) is 0 Å². The molecule has 142 valence electrons. The Labute approximate surface area is 160 Å². The van der Waals surface area contributed by atoms with Gasteiger partial charge >= 0.3 is 0 Å². The standard InChI is InChI=1S/C19H27N3O2S2/c1-13(2)10-18-20-21-19(25-18)16-6-5-9-22(12-16)26(23,24)17-8-7-14(3)11-15(17)4/h7-8,11,13,16H,5-6,9-10,12H2,1-4H3. The third-order valence-electron chi connectivity index (χ3n) is 4.75. The lowest BCUT2D eigenvalue weighted by molar-refractivity contribution is 0.314. The third-order valence-corrected chi connectivity index (χ3v) is 7.88. The Morgan fingerprint density at radius 3 is 2.73 bits per heavy atom. The van der Waals surface area contributed by atoms with Crippen molar-refractivity contribution in [1.29, 1.82) is 0 Å². The molecule has 1 aliphatic rings. The minimum Gasteiger partial charge on any atom is -0.207 e. The van der Waals surface area contributed by atoms with Gasteiger partial charge in [0.05, 0.1) is 4.90 Å². The van der Waals surface area contributed by atoms with Gasteiger partial charge in [-0.1, -0.05) is 31.5 Å². The fraction of sp³-hybridized carbons (Fsp3) is 0.579. The summed E-state index contributed by atoms with van der Waals surface area (Å²) in [6.45, 7) is 9.24. The molecule has 1 saturated heterocycles. The normalized spacial score (nSPS) is 19.2. The van der Waals surface area contributed by atoms with Crippen LogP contribution in [0.25, 0.3) is 0 Å². The van der Waals surface area contributed by atoms with Crippen molar-refractivity contribution < 1.29 is 8.42 Å². The molecule has 1 aliphatic heterocycles. The Kier molecular flexibility index (Phi) is 5.79. The quantitative estimate of drug-likeness (QED) is 0.772.